The molecule has 1 aromatic carbocycles. The fourth-order valence-electron chi connectivity index (χ4n) is 2.38. The molecule has 1 aromatic rings. The Morgan fingerprint density at radius 2 is 2.10 bits per heavy atom. The van der Waals surface area contributed by atoms with Crippen molar-refractivity contribution >= 4 is 5.97 Å². The number of carbonyl (C=O) groups is 1. The van der Waals surface area contributed by atoms with Crippen LogP contribution in [0.15, 0.2) is 30.3 Å². The van der Waals surface area contributed by atoms with Crippen LogP contribution in [0.3, 0.4) is 0 Å². The van der Waals surface area contributed by atoms with E-state index in [-0.39, 0.29) is 0 Å². The van der Waals surface area contributed by atoms with Crippen LogP contribution in [0, 0.1) is 0 Å². The maximum Gasteiger partial charge on any atom is 0.329 e. The molecule has 0 radical (unpaired) electrons. The minimum absolute atomic E-state index is 0.306. The Bertz CT molecular complexity index is 448. The minimum Gasteiger partial charge on any atom is -0.480 e. The molecule has 1 atom stereocenters. The molecule has 0 saturated heterocycles. The van der Waals surface area contributed by atoms with Gasteiger partial charge in [-0.1, -0.05) is 30.3 Å². The Morgan fingerprint density at radius 1 is 1.45 bits per heavy atom. The van der Waals surface area contributed by atoms with Gasteiger partial charge in [0.25, 0.3) is 0 Å². The zero-order valence-electron chi connectivity index (χ0n) is 11.8. The summed E-state index contributed by atoms with van der Waals surface area (Å²) in [4.78, 5) is 13.8. The zero-order valence-corrected chi connectivity index (χ0v) is 11.8. The number of nitrogens with zero attached hydrogens (tertiary/aromatic N) is 1. The Labute approximate surface area is 119 Å². The maximum absolute atomic E-state index is 11.7. The van der Waals surface area contributed by atoms with Crippen LogP contribution in [0.1, 0.15) is 18.4 Å². The normalized spacial score (nSPS) is 17.9. The Hall–Kier alpha value is -1.43. The quantitative estimate of drug-likeness (QED) is 0.743. The molecule has 1 aliphatic rings. The van der Waals surface area contributed by atoms with Gasteiger partial charge in [0.15, 0.2) is 5.54 Å². The summed E-state index contributed by atoms with van der Waals surface area (Å²) in [5.41, 5.74) is 5.48. The first-order valence-corrected chi connectivity index (χ1v) is 6.88. The molecule has 0 amide bonds. The molecule has 5 heteroatoms. The molecule has 1 saturated carbocycles. The van der Waals surface area contributed by atoms with Gasteiger partial charge < -0.3 is 15.6 Å². The van der Waals surface area contributed by atoms with E-state index in [4.69, 9.17) is 10.5 Å². The second kappa shape index (κ2) is 6.35. The van der Waals surface area contributed by atoms with E-state index in [0.717, 1.165) is 12.8 Å². The number of nitrogens with two attached hydrogens (primary N) is 1. The smallest absolute Gasteiger partial charge is 0.329 e. The van der Waals surface area contributed by atoms with E-state index in [1.807, 2.05) is 18.2 Å². The van der Waals surface area contributed by atoms with E-state index < -0.39 is 11.5 Å². The molecule has 0 spiro atoms. The third kappa shape index (κ3) is 3.36. The van der Waals surface area contributed by atoms with Crippen molar-refractivity contribution < 1.29 is 14.6 Å². The van der Waals surface area contributed by atoms with Gasteiger partial charge in [-0.25, -0.2) is 4.79 Å². The van der Waals surface area contributed by atoms with Crippen LogP contribution in [-0.4, -0.2) is 48.8 Å². The van der Waals surface area contributed by atoms with E-state index in [2.05, 4.69) is 4.90 Å². The summed E-state index contributed by atoms with van der Waals surface area (Å²) in [7, 11) is 1.65. The predicted molar refractivity (Wildman–Crippen MR) is 76.4 cm³/mol. The molecular weight excluding hydrogens is 256 g/mol. The van der Waals surface area contributed by atoms with Crippen molar-refractivity contribution in [3.05, 3.63) is 35.9 Å². The molecule has 1 fully saturated rings. The summed E-state index contributed by atoms with van der Waals surface area (Å²) in [6.07, 6.45) is 2.21. The summed E-state index contributed by atoms with van der Waals surface area (Å²) in [6.45, 7) is 1.60. The van der Waals surface area contributed by atoms with Crippen LogP contribution in [0.5, 0.6) is 0 Å². The summed E-state index contributed by atoms with van der Waals surface area (Å²) in [5.74, 6) is -0.994. The van der Waals surface area contributed by atoms with Crippen LogP contribution in [0.2, 0.25) is 0 Å². The lowest BCUT2D eigenvalue weighted by molar-refractivity contribution is -0.144. The van der Waals surface area contributed by atoms with Crippen LogP contribution >= 0.6 is 0 Å². The predicted octanol–water partition coefficient (Wildman–Crippen LogP) is 1.04. The molecule has 0 bridgehead atoms. The van der Waals surface area contributed by atoms with Crippen LogP contribution in [-0.2, 0) is 15.1 Å². The van der Waals surface area contributed by atoms with Crippen molar-refractivity contribution in [3.63, 3.8) is 0 Å². The van der Waals surface area contributed by atoms with Gasteiger partial charge in [0.05, 0.1) is 6.61 Å². The van der Waals surface area contributed by atoms with E-state index in [1.165, 1.54) is 0 Å². The van der Waals surface area contributed by atoms with Crippen molar-refractivity contribution in [2.24, 2.45) is 5.73 Å². The van der Waals surface area contributed by atoms with Gasteiger partial charge in [0.1, 0.15) is 0 Å². The lowest BCUT2D eigenvalue weighted by atomic mass is 9.90. The molecule has 2 rings (SSSR count). The zero-order chi connectivity index (χ0) is 14.6. The van der Waals surface area contributed by atoms with Crippen molar-refractivity contribution in [2.75, 3.05) is 26.8 Å². The highest BCUT2D eigenvalue weighted by molar-refractivity contribution is 5.80. The number of carboxylic acid groups (broad SMARTS) is 1. The van der Waals surface area contributed by atoms with Gasteiger partial charge in [-0.15, -0.1) is 0 Å². The molecule has 0 aromatic heterocycles. The van der Waals surface area contributed by atoms with Crippen molar-refractivity contribution in [1.82, 2.24) is 4.90 Å². The molecule has 3 N–H and O–H groups in total. The average Bonchev–Trinajstić information content (AvgIpc) is 3.28. The van der Waals surface area contributed by atoms with Crippen LogP contribution < -0.4 is 5.73 Å². The van der Waals surface area contributed by atoms with Crippen LogP contribution in [0.4, 0.5) is 0 Å². The van der Waals surface area contributed by atoms with Gasteiger partial charge in [-0.05, 0) is 18.4 Å². The third-order valence-electron chi connectivity index (χ3n) is 3.77. The van der Waals surface area contributed by atoms with Gasteiger partial charge in [-0.3, -0.25) is 4.90 Å². The molecule has 1 aliphatic carbocycles. The first-order chi connectivity index (χ1) is 9.58. The van der Waals surface area contributed by atoms with Crippen molar-refractivity contribution in [2.45, 2.75) is 24.4 Å². The number of hydrogen-bond donors (Lipinski definition) is 2. The van der Waals surface area contributed by atoms with Gasteiger partial charge in [0.2, 0.25) is 0 Å². The van der Waals surface area contributed by atoms with Crippen molar-refractivity contribution in [1.29, 1.82) is 0 Å². The van der Waals surface area contributed by atoms with Crippen molar-refractivity contribution in [3.8, 4) is 0 Å². The summed E-state index contributed by atoms with van der Waals surface area (Å²) < 4.78 is 5.10. The fraction of sp³-hybridized carbons (Fsp3) is 0.533. The van der Waals surface area contributed by atoms with E-state index in [9.17, 15) is 9.90 Å². The first-order valence-electron chi connectivity index (χ1n) is 6.88. The highest BCUT2D eigenvalue weighted by atomic mass is 16.5. The number of carboxylic acids is 1. The highest BCUT2D eigenvalue weighted by Crippen LogP contribution is 2.30. The van der Waals surface area contributed by atoms with E-state index >= 15 is 0 Å². The second-order valence-electron chi connectivity index (χ2n) is 5.34. The highest BCUT2D eigenvalue weighted by Gasteiger charge is 2.41. The molecule has 0 heterocycles. The monoisotopic (exact) mass is 278 g/mol. The summed E-state index contributed by atoms with van der Waals surface area (Å²) >= 11 is 0. The Morgan fingerprint density at radius 3 is 2.60 bits per heavy atom. The first kappa shape index (κ1) is 15.0. The number of ether oxygens (including phenoxy) is 1. The van der Waals surface area contributed by atoms with Gasteiger partial charge in [0, 0.05) is 26.2 Å². The molecule has 0 aliphatic heterocycles. The minimum atomic E-state index is -1.38. The SMILES string of the molecule is COCCN(CC(N)(C(=O)O)c1ccccc1)C1CC1. The standard InChI is InChI=1S/C15H22N2O3/c1-20-10-9-17(13-7-8-13)11-15(16,14(18)19)12-5-3-2-4-6-12/h2-6,13H,7-11,16H2,1H3,(H,18,19). The van der Waals surface area contributed by atoms with Crippen LogP contribution in [0.25, 0.3) is 0 Å². The molecule has 1 unspecified atom stereocenters. The number of rotatable bonds is 8. The van der Waals surface area contributed by atoms with E-state index in [1.54, 1.807) is 19.2 Å². The Balaban J connectivity index is 2.17. The summed E-state index contributed by atoms with van der Waals surface area (Å²) in [5, 5.41) is 9.58. The molecule has 110 valence electrons. The van der Waals surface area contributed by atoms with Gasteiger partial charge in [-0.2, -0.15) is 0 Å². The Kier molecular flexibility index (Phi) is 4.75. The molecule has 5 nitrogen and oxygen atoms in total. The largest absolute Gasteiger partial charge is 0.480 e. The number of aliphatic carboxylic acids is 1. The lowest BCUT2D eigenvalue weighted by Gasteiger charge is -2.32. The number of methoxy groups -OCH3 is 1. The fourth-order valence-corrected chi connectivity index (χ4v) is 2.38. The van der Waals surface area contributed by atoms with Gasteiger partial charge >= 0.3 is 5.97 Å². The maximum atomic E-state index is 11.7. The third-order valence-corrected chi connectivity index (χ3v) is 3.77. The lowest BCUT2D eigenvalue weighted by Crippen LogP contribution is -2.54. The summed E-state index contributed by atoms with van der Waals surface area (Å²) in [6, 6.07) is 9.48. The number of hydrogen-bond acceptors (Lipinski definition) is 4. The average molecular weight is 278 g/mol. The second-order valence-corrected chi connectivity index (χ2v) is 5.34. The van der Waals surface area contributed by atoms with E-state index in [0.29, 0.717) is 31.3 Å². The molecule has 20 heavy (non-hydrogen) atoms. The topological polar surface area (TPSA) is 75.8 Å². The number of benzene rings is 1. The molecular formula is C15H22N2O3.